The van der Waals surface area contributed by atoms with Crippen molar-refractivity contribution in [1.29, 1.82) is 0 Å². The molecule has 0 aliphatic rings. The molecular weight excluding hydrogens is 234 g/mol. The van der Waals surface area contributed by atoms with Gasteiger partial charge in [0.1, 0.15) is 0 Å². The first-order chi connectivity index (χ1) is 7.29. The molecule has 7 nitrogen and oxygen atoms in total. The Balaban J connectivity index is 3.57. The highest BCUT2D eigenvalue weighted by Crippen LogP contribution is 2.24. The molecule has 1 rings (SSSR count). The van der Waals surface area contributed by atoms with Crippen LogP contribution in [0.2, 0.25) is 0 Å². The fraction of sp³-hybridized carbons (Fsp3) is 0.250. The number of non-ortho nitro benzene ring substituents is 1. The zero-order valence-electron chi connectivity index (χ0n) is 8.72. The first-order valence-electron chi connectivity index (χ1n) is 4.27. The molecule has 1 aromatic rings. The van der Waals surface area contributed by atoms with Crippen molar-refractivity contribution in [3.05, 3.63) is 33.4 Å². The fourth-order valence-corrected chi connectivity index (χ4v) is 2.22. The van der Waals surface area contributed by atoms with Crippen LogP contribution in [0, 0.1) is 24.0 Å². The predicted molar refractivity (Wildman–Crippen MR) is 57.1 cm³/mol. The summed E-state index contributed by atoms with van der Waals surface area (Å²) < 4.78 is 23.0. The van der Waals surface area contributed by atoms with E-state index in [0.29, 0.717) is 11.1 Å². The molecule has 0 saturated carbocycles. The van der Waals surface area contributed by atoms with Crippen molar-refractivity contribution in [2.75, 3.05) is 0 Å². The van der Waals surface area contributed by atoms with Gasteiger partial charge in [-0.25, -0.2) is 8.42 Å². The maximum Gasteiger partial charge on any atom is 0.271 e. The maximum atomic E-state index is 11.5. The lowest BCUT2D eigenvalue weighted by atomic mass is 10.1. The number of nitrogens with one attached hydrogen (secondary N) is 1. The highest BCUT2D eigenvalue weighted by atomic mass is 32.2. The molecular formula is C8H11N3O4S. The monoisotopic (exact) mass is 245 g/mol. The Kier molecular flexibility index (Phi) is 3.27. The van der Waals surface area contributed by atoms with E-state index in [1.165, 1.54) is 6.07 Å². The molecule has 0 bridgehead atoms. The van der Waals surface area contributed by atoms with Gasteiger partial charge in [-0.2, -0.15) is 4.83 Å². The van der Waals surface area contributed by atoms with E-state index < -0.39 is 14.9 Å². The van der Waals surface area contributed by atoms with Crippen LogP contribution in [0.15, 0.2) is 17.0 Å². The molecule has 0 unspecified atom stereocenters. The van der Waals surface area contributed by atoms with Crippen LogP contribution >= 0.6 is 0 Å². The summed E-state index contributed by atoms with van der Waals surface area (Å²) in [5.41, 5.74) is 0.670. The number of sulfonamides is 1. The standard InChI is InChI=1S/C8H11N3O4S/c1-5-3-7(11(12)13)4-8(6(5)2)16(14,15)10-9/h3-4,10H,9H2,1-2H3. The van der Waals surface area contributed by atoms with Crippen LogP contribution in [0.1, 0.15) is 11.1 Å². The highest BCUT2D eigenvalue weighted by Gasteiger charge is 2.20. The third-order valence-electron chi connectivity index (χ3n) is 2.26. The quantitative estimate of drug-likeness (QED) is 0.453. The summed E-state index contributed by atoms with van der Waals surface area (Å²) in [6, 6.07) is 2.29. The van der Waals surface area contributed by atoms with Crippen molar-refractivity contribution < 1.29 is 13.3 Å². The number of nitrogens with two attached hydrogens (primary N) is 1. The van der Waals surface area contributed by atoms with Gasteiger partial charge in [-0.05, 0) is 25.0 Å². The lowest BCUT2D eigenvalue weighted by molar-refractivity contribution is -0.385. The molecule has 0 amide bonds. The van der Waals surface area contributed by atoms with E-state index in [2.05, 4.69) is 0 Å². The number of rotatable bonds is 3. The Bertz CT molecular complexity index is 538. The van der Waals surface area contributed by atoms with E-state index in [0.717, 1.165) is 6.07 Å². The third kappa shape index (κ3) is 2.18. The Morgan fingerprint density at radius 2 is 1.94 bits per heavy atom. The first kappa shape index (κ1) is 12.6. The lowest BCUT2D eigenvalue weighted by Gasteiger charge is -2.08. The second kappa shape index (κ2) is 4.16. The molecule has 0 radical (unpaired) electrons. The van der Waals surface area contributed by atoms with Gasteiger partial charge >= 0.3 is 0 Å². The summed E-state index contributed by atoms with van der Waals surface area (Å²) >= 11 is 0. The molecule has 0 aliphatic heterocycles. The summed E-state index contributed by atoms with van der Waals surface area (Å²) in [4.78, 5) is 11.4. The van der Waals surface area contributed by atoms with E-state index >= 15 is 0 Å². The summed E-state index contributed by atoms with van der Waals surface area (Å²) in [6.07, 6.45) is 0. The molecule has 0 fully saturated rings. The summed E-state index contributed by atoms with van der Waals surface area (Å²) in [5, 5.41) is 10.6. The van der Waals surface area contributed by atoms with Crippen LogP contribution in [-0.4, -0.2) is 13.3 Å². The van der Waals surface area contributed by atoms with Crippen molar-refractivity contribution in [1.82, 2.24) is 4.83 Å². The largest absolute Gasteiger partial charge is 0.271 e. The van der Waals surface area contributed by atoms with Crippen LogP contribution < -0.4 is 10.7 Å². The zero-order valence-corrected chi connectivity index (χ0v) is 9.54. The molecule has 0 heterocycles. The molecule has 0 aliphatic carbocycles. The molecule has 0 spiro atoms. The zero-order chi connectivity index (χ0) is 12.5. The van der Waals surface area contributed by atoms with Crippen molar-refractivity contribution in [3.8, 4) is 0 Å². The van der Waals surface area contributed by atoms with E-state index in [9.17, 15) is 18.5 Å². The minimum atomic E-state index is -3.88. The van der Waals surface area contributed by atoms with Gasteiger partial charge in [-0.15, -0.1) is 0 Å². The van der Waals surface area contributed by atoms with Crippen LogP contribution in [0.25, 0.3) is 0 Å². The van der Waals surface area contributed by atoms with Crippen LogP contribution in [0.5, 0.6) is 0 Å². The topological polar surface area (TPSA) is 115 Å². The minimum absolute atomic E-state index is 0.179. The van der Waals surface area contributed by atoms with Gasteiger partial charge in [0.25, 0.3) is 15.7 Å². The first-order valence-corrected chi connectivity index (χ1v) is 5.76. The summed E-state index contributed by atoms with van der Waals surface area (Å²) in [7, 11) is -3.88. The van der Waals surface area contributed by atoms with Gasteiger partial charge in [-0.1, -0.05) is 0 Å². The molecule has 88 valence electrons. The van der Waals surface area contributed by atoms with E-state index in [1.807, 2.05) is 0 Å². The molecule has 0 atom stereocenters. The smallest absolute Gasteiger partial charge is 0.258 e. The molecule has 0 aromatic heterocycles. The Morgan fingerprint density at radius 1 is 1.38 bits per heavy atom. The number of hydrogen-bond acceptors (Lipinski definition) is 5. The minimum Gasteiger partial charge on any atom is -0.258 e. The van der Waals surface area contributed by atoms with Crippen molar-refractivity contribution in [2.24, 2.45) is 5.84 Å². The van der Waals surface area contributed by atoms with Gasteiger partial charge in [0, 0.05) is 12.1 Å². The van der Waals surface area contributed by atoms with Crippen molar-refractivity contribution in [3.63, 3.8) is 0 Å². The molecule has 1 aromatic carbocycles. The number of nitrogens with zero attached hydrogens (tertiary/aromatic N) is 1. The average Bonchev–Trinajstić information content (AvgIpc) is 2.21. The number of aryl methyl sites for hydroxylation is 1. The van der Waals surface area contributed by atoms with Crippen LogP contribution in [0.3, 0.4) is 0 Å². The van der Waals surface area contributed by atoms with Crippen molar-refractivity contribution >= 4 is 15.7 Å². The molecule has 8 heteroatoms. The number of benzene rings is 1. The number of hydrazine groups is 1. The Hall–Kier alpha value is -1.51. The SMILES string of the molecule is Cc1cc([N+](=O)[O-])cc(S(=O)(=O)NN)c1C. The van der Waals surface area contributed by atoms with Crippen LogP contribution in [-0.2, 0) is 10.0 Å². The van der Waals surface area contributed by atoms with Crippen molar-refractivity contribution in [2.45, 2.75) is 18.7 Å². The summed E-state index contributed by atoms with van der Waals surface area (Å²) in [6.45, 7) is 3.15. The second-order valence-electron chi connectivity index (χ2n) is 3.26. The van der Waals surface area contributed by atoms with E-state index in [4.69, 9.17) is 5.84 Å². The second-order valence-corrected chi connectivity index (χ2v) is 4.95. The Labute approximate surface area is 92.4 Å². The van der Waals surface area contributed by atoms with E-state index in [-0.39, 0.29) is 10.6 Å². The molecule has 3 N–H and O–H groups in total. The maximum absolute atomic E-state index is 11.5. The average molecular weight is 245 g/mol. The van der Waals surface area contributed by atoms with Gasteiger partial charge in [0.15, 0.2) is 0 Å². The van der Waals surface area contributed by atoms with E-state index in [1.54, 1.807) is 18.7 Å². The lowest BCUT2D eigenvalue weighted by Crippen LogP contribution is -2.30. The van der Waals surface area contributed by atoms with Crippen LogP contribution in [0.4, 0.5) is 5.69 Å². The van der Waals surface area contributed by atoms with Gasteiger partial charge < -0.3 is 0 Å². The fourth-order valence-electron chi connectivity index (χ4n) is 1.26. The molecule has 16 heavy (non-hydrogen) atoms. The Morgan fingerprint density at radius 3 is 2.38 bits per heavy atom. The highest BCUT2D eigenvalue weighted by molar-refractivity contribution is 7.89. The normalized spacial score (nSPS) is 11.4. The van der Waals surface area contributed by atoms with Gasteiger partial charge in [0.05, 0.1) is 9.82 Å². The number of hydrogen-bond donors (Lipinski definition) is 2. The predicted octanol–water partition coefficient (Wildman–Crippen LogP) is 0.364. The number of nitro groups is 1. The van der Waals surface area contributed by atoms with Gasteiger partial charge in [0.2, 0.25) is 0 Å². The third-order valence-corrected chi connectivity index (χ3v) is 3.57. The molecule has 0 saturated heterocycles. The van der Waals surface area contributed by atoms with Gasteiger partial charge in [-0.3, -0.25) is 16.0 Å². The summed E-state index contributed by atoms with van der Waals surface area (Å²) in [5.74, 6) is 4.88. The number of nitro benzene ring substituents is 1.